The number of aryl methyl sites for hydroxylation is 1. The number of unbranched alkanes of at least 4 members (excludes halogenated alkanes) is 2. The van der Waals surface area contributed by atoms with E-state index in [0.29, 0.717) is 6.04 Å². The predicted octanol–water partition coefficient (Wildman–Crippen LogP) is 6.24. The van der Waals surface area contributed by atoms with Crippen molar-refractivity contribution in [2.75, 3.05) is 13.7 Å². The van der Waals surface area contributed by atoms with Crippen LogP contribution in [0.25, 0.3) is 6.08 Å². The van der Waals surface area contributed by atoms with Gasteiger partial charge in [0.2, 0.25) is 0 Å². The summed E-state index contributed by atoms with van der Waals surface area (Å²) in [5, 5.41) is 3.44. The number of rotatable bonds is 8. The number of nitrogens with one attached hydrogen (secondary N) is 1. The molecule has 0 saturated carbocycles. The average molecular weight is 322 g/mol. The molecule has 0 atom stereocenters. The van der Waals surface area contributed by atoms with Crippen LogP contribution in [0.2, 0.25) is 0 Å². The van der Waals surface area contributed by atoms with Crippen molar-refractivity contribution in [2.45, 2.75) is 73.8 Å². The molecule has 0 aliphatic heterocycles. The van der Waals surface area contributed by atoms with Gasteiger partial charge in [0.1, 0.15) is 5.75 Å². The molecule has 23 heavy (non-hydrogen) atoms. The average Bonchev–Trinajstić information content (AvgIpc) is 2.57. The van der Waals surface area contributed by atoms with Gasteiger partial charge in [-0.15, -0.1) is 0 Å². The van der Waals surface area contributed by atoms with E-state index in [4.69, 9.17) is 4.74 Å². The summed E-state index contributed by atoms with van der Waals surface area (Å²) >= 11 is 0. The lowest BCUT2D eigenvalue weighted by Crippen LogP contribution is -2.23. The lowest BCUT2D eigenvalue weighted by molar-refractivity contribution is 0.413. The lowest BCUT2D eigenvalue weighted by Gasteiger charge is -2.07. The molecule has 0 unspecified atom stereocenters. The maximum atomic E-state index is 5.36. The minimum Gasteiger partial charge on any atom is -0.496 e. The highest BCUT2D eigenvalue weighted by Crippen LogP contribution is 2.21. The number of hydrogen-bond donors (Lipinski definition) is 1. The standard InChI is InChI=1S/C17H27NO.2C2H6/c1-14(2)18-12-8-6-5-7-9-16-13-15(3)10-11-17(16)19-4;2*1-2/h7,9-11,13-14,18H,5-6,8,12H2,1-4H3;2*1-2H3/b9-7+;;. The molecule has 0 fully saturated rings. The molecule has 0 aliphatic rings. The molecule has 0 aliphatic carbocycles. The third-order valence-corrected chi connectivity index (χ3v) is 3.03. The van der Waals surface area contributed by atoms with Gasteiger partial charge in [-0.1, -0.05) is 65.3 Å². The highest BCUT2D eigenvalue weighted by molar-refractivity contribution is 5.58. The molecule has 0 saturated heterocycles. The summed E-state index contributed by atoms with van der Waals surface area (Å²) < 4.78 is 5.36. The Bertz CT molecular complexity index is 397. The second kappa shape index (κ2) is 17.1. The molecular weight excluding hydrogens is 282 g/mol. The maximum absolute atomic E-state index is 5.36. The Morgan fingerprint density at radius 3 is 2.30 bits per heavy atom. The number of ether oxygens (including phenoxy) is 1. The van der Waals surface area contributed by atoms with Gasteiger partial charge in [-0.25, -0.2) is 0 Å². The van der Waals surface area contributed by atoms with Gasteiger partial charge >= 0.3 is 0 Å². The molecule has 1 N–H and O–H groups in total. The van der Waals surface area contributed by atoms with Crippen LogP contribution in [0.5, 0.6) is 5.75 Å². The Balaban J connectivity index is 0. The van der Waals surface area contributed by atoms with E-state index in [1.165, 1.54) is 24.0 Å². The minimum atomic E-state index is 0.590. The summed E-state index contributed by atoms with van der Waals surface area (Å²) in [5.74, 6) is 0.948. The van der Waals surface area contributed by atoms with Gasteiger partial charge in [0.25, 0.3) is 0 Å². The van der Waals surface area contributed by atoms with Gasteiger partial charge < -0.3 is 10.1 Å². The van der Waals surface area contributed by atoms with Crippen molar-refractivity contribution < 1.29 is 4.74 Å². The Labute approximate surface area is 145 Å². The van der Waals surface area contributed by atoms with Crippen LogP contribution in [0.15, 0.2) is 24.3 Å². The van der Waals surface area contributed by atoms with Crippen molar-refractivity contribution in [3.63, 3.8) is 0 Å². The van der Waals surface area contributed by atoms with Gasteiger partial charge in [0.05, 0.1) is 7.11 Å². The van der Waals surface area contributed by atoms with Crippen molar-refractivity contribution >= 4 is 6.08 Å². The summed E-state index contributed by atoms with van der Waals surface area (Å²) in [5.41, 5.74) is 2.43. The van der Waals surface area contributed by atoms with E-state index in [0.717, 1.165) is 18.7 Å². The van der Waals surface area contributed by atoms with Gasteiger partial charge in [0, 0.05) is 11.6 Å². The zero-order valence-electron chi connectivity index (χ0n) is 16.7. The number of allylic oxidation sites excluding steroid dienone is 1. The fourth-order valence-electron chi connectivity index (χ4n) is 1.97. The SMILES string of the molecule is CC.CC.COc1ccc(C)cc1/C=C/CCCCNC(C)C. The molecule has 1 aromatic rings. The number of benzene rings is 1. The van der Waals surface area contributed by atoms with Crippen molar-refractivity contribution in [1.82, 2.24) is 5.32 Å². The maximum Gasteiger partial charge on any atom is 0.126 e. The highest BCUT2D eigenvalue weighted by Gasteiger charge is 1.98. The molecule has 134 valence electrons. The molecule has 2 nitrogen and oxygen atoms in total. The lowest BCUT2D eigenvalue weighted by atomic mass is 10.1. The molecule has 1 aromatic carbocycles. The smallest absolute Gasteiger partial charge is 0.126 e. The van der Waals surface area contributed by atoms with Crippen molar-refractivity contribution in [1.29, 1.82) is 0 Å². The summed E-state index contributed by atoms with van der Waals surface area (Å²) in [4.78, 5) is 0. The van der Waals surface area contributed by atoms with Crippen LogP contribution in [-0.2, 0) is 0 Å². The Morgan fingerprint density at radius 2 is 1.74 bits per heavy atom. The Hall–Kier alpha value is -1.28. The second-order valence-electron chi connectivity index (χ2n) is 5.25. The van der Waals surface area contributed by atoms with Crippen LogP contribution in [0, 0.1) is 6.92 Å². The molecule has 1 rings (SSSR count). The first-order valence-electron chi connectivity index (χ1n) is 9.18. The predicted molar refractivity (Wildman–Crippen MR) is 106 cm³/mol. The first-order chi connectivity index (χ1) is 11.1. The monoisotopic (exact) mass is 321 g/mol. The zero-order valence-corrected chi connectivity index (χ0v) is 16.7. The van der Waals surface area contributed by atoms with Gasteiger partial charge in [-0.3, -0.25) is 0 Å². The van der Waals surface area contributed by atoms with Gasteiger partial charge in [-0.05, 0) is 44.9 Å². The molecule has 0 amide bonds. The number of hydrogen-bond acceptors (Lipinski definition) is 2. The van der Waals surface area contributed by atoms with Crippen LogP contribution >= 0.6 is 0 Å². The quantitative estimate of drug-likeness (QED) is 0.572. The molecule has 0 aromatic heterocycles. The molecule has 0 bridgehead atoms. The Kier molecular flexibility index (Phi) is 17.8. The summed E-state index contributed by atoms with van der Waals surface area (Å²) in [6, 6.07) is 6.86. The molecule has 0 radical (unpaired) electrons. The molecule has 0 heterocycles. The Morgan fingerprint density at radius 1 is 1.09 bits per heavy atom. The van der Waals surface area contributed by atoms with E-state index < -0.39 is 0 Å². The first-order valence-corrected chi connectivity index (χ1v) is 9.18. The van der Waals surface area contributed by atoms with E-state index in [1.807, 2.05) is 33.8 Å². The van der Waals surface area contributed by atoms with Crippen molar-refractivity contribution in [3.05, 3.63) is 35.4 Å². The van der Waals surface area contributed by atoms with E-state index in [9.17, 15) is 0 Å². The van der Waals surface area contributed by atoms with E-state index in [-0.39, 0.29) is 0 Å². The van der Waals surface area contributed by atoms with E-state index in [2.05, 4.69) is 50.4 Å². The normalized spacial score (nSPS) is 9.96. The topological polar surface area (TPSA) is 21.3 Å². The van der Waals surface area contributed by atoms with E-state index in [1.54, 1.807) is 7.11 Å². The van der Waals surface area contributed by atoms with Crippen LogP contribution in [-0.4, -0.2) is 19.7 Å². The van der Waals surface area contributed by atoms with Gasteiger partial charge in [-0.2, -0.15) is 0 Å². The van der Waals surface area contributed by atoms with Crippen LogP contribution in [0.1, 0.15) is 71.9 Å². The van der Waals surface area contributed by atoms with E-state index >= 15 is 0 Å². The summed E-state index contributed by atoms with van der Waals surface area (Å²) in [6.07, 6.45) is 7.99. The summed E-state index contributed by atoms with van der Waals surface area (Å²) in [7, 11) is 1.72. The molecule has 2 heteroatoms. The van der Waals surface area contributed by atoms with Crippen LogP contribution < -0.4 is 10.1 Å². The van der Waals surface area contributed by atoms with Crippen molar-refractivity contribution in [3.8, 4) is 5.75 Å². The second-order valence-corrected chi connectivity index (χ2v) is 5.25. The molecular formula is C21H39NO. The first kappa shape index (κ1) is 24.0. The van der Waals surface area contributed by atoms with Crippen LogP contribution in [0.3, 0.4) is 0 Å². The zero-order chi connectivity index (χ0) is 18.1. The molecule has 0 spiro atoms. The van der Waals surface area contributed by atoms with Crippen LogP contribution in [0.4, 0.5) is 0 Å². The highest BCUT2D eigenvalue weighted by atomic mass is 16.5. The summed E-state index contributed by atoms with van der Waals surface area (Å²) in [6.45, 7) is 15.6. The largest absolute Gasteiger partial charge is 0.496 e. The number of methoxy groups -OCH3 is 1. The third kappa shape index (κ3) is 12.9. The van der Waals surface area contributed by atoms with Crippen molar-refractivity contribution in [2.24, 2.45) is 0 Å². The third-order valence-electron chi connectivity index (χ3n) is 3.03. The fourth-order valence-corrected chi connectivity index (χ4v) is 1.97. The van der Waals surface area contributed by atoms with Gasteiger partial charge in [0.15, 0.2) is 0 Å². The fraction of sp³-hybridized carbons (Fsp3) is 0.619. The minimum absolute atomic E-state index is 0.590.